The van der Waals surface area contributed by atoms with Crippen LogP contribution in [0.25, 0.3) is 0 Å². The molecule has 86 valence electrons. The lowest BCUT2D eigenvalue weighted by Crippen LogP contribution is -2.25. The molecule has 1 amide bonds. The summed E-state index contributed by atoms with van der Waals surface area (Å²) in [6.45, 7) is 6.01. The van der Waals surface area contributed by atoms with E-state index in [-0.39, 0.29) is 5.91 Å². The Balaban J connectivity index is 1.99. The molecule has 0 spiro atoms. The Labute approximate surface area is 96.5 Å². The summed E-state index contributed by atoms with van der Waals surface area (Å²) in [7, 11) is 0. The fourth-order valence-electron chi connectivity index (χ4n) is 2.11. The van der Waals surface area contributed by atoms with Crippen LogP contribution in [0.5, 0.6) is 0 Å². The molecule has 2 rings (SSSR count). The van der Waals surface area contributed by atoms with Crippen LogP contribution in [0.4, 0.5) is 0 Å². The Kier molecular flexibility index (Phi) is 3.22. The maximum Gasteiger partial charge on any atom is 0.223 e. The molecule has 1 fully saturated rings. The fourth-order valence-corrected chi connectivity index (χ4v) is 2.11. The van der Waals surface area contributed by atoms with Crippen LogP contribution in [0.1, 0.15) is 25.8 Å². The highest BCUT2D eigenvalue weighted by atomic mass is 16.2. The molecule has 1 aliphatic rings. The van der Waals surface area contributed by atoms with E-state index in [0.29, 0.717) is 18.3 Å². The van der Waals surface area contributed by atoms with Gasteiger partial charge in [0.25, 0.3) is 0 Å². The summed E-state index contributed by atoms with van der Waals surface area (Å²) in [5.41, 5.74) is 1.16. The van der Waals surface area contributed by atoms with E-state index in [1.807, 2.05) is 17.0 Å². The number of pyridine rings is 1. The van der Waals surface area contributed by atoms with E-state index in [4.69, 9.17) is 0 Å². The van der Waals surface area contributed by atoms with Crippen LogP contribution in [0.15, 0.2) is 24.5 Å². The lowest BCUT2D eigenvalue weighted by molar-refractivity contribution is -0.128. The number of carbonyl (C=O) groups excluding carboxylic acids is 1. The Morgan fingerprint density at radius 3 is 2.69 bits per heavy atom. The van der Waals surface area contributed by atoms with Gasteiger partial charge in [-0.15, -0.1) is 0 Å². The first kappa shape index (κ1) is 11.1. The zero-order valence-electron chi connectivity index (χ0n) is 9.89. The summed E-state index contributed by atoms with van der Waals surface area (Å²) in [6.07, 6.45) is 4.26. The smallest absolute Gasteiger partial charge is 0.223 e. The summed E-state index contributed by atoms with van der Waals surface area (Å²) < 4.78 is 0. The quantitative estimate of drug-likeness (QED) is 0.778. The highest BCUT2D eigenvalue weighted by molar-refractivity contribution is 5.78. The summed E-state index contributed by atoms with van der Waals surface area (Å²) in [4.78, 5) is 17.7. The van der Waals surface area contributed by atoms with Crippen LogP contribution in [-0.2, 0) is 11.3 Å². The van der Waals surface area contributed by atoms with E-state index >= 15 is 0 Å². The minimum Gasteiger partial charge on any atom is -0.338 e. The molecule has 1 saturated heterocycles. The van der Waals surface area contributed by atoms with Gasteiger partial charge in [-0.3, -0.25) is 9.78 Å². The number of nitrogens with zero attached hydrogens (tertiary/aromatic N) is 2. The van der Waals surface area contributed by atoms with Crippen molar-refractivity contribution in [3.8, 4) is 0 Å². The first-order chi connectivity index (χ1) is 7.66. The van der Waals surface area contributed by atoms with Crippen LogP contribution in [0.3, 0.4) is 0 Å². The predicted molar refractivity (Wildman–Crippen MR) is 62.6 cm³/mol. The Morgan fingerprint density at radius 2 is 2.12 bits per heavy atom. The van der Waals surface area contributed by atoms with E-state index in [0.717, 1.165) is 18.7 Å². The molecule has 1 unspecified atom stereocenters. The first-order valence-electron chi connectivity index (χ1n) is 5.83. The van der Waals surface area contributed by atoms with Crippen molar-refractivity contribution < 1.29 is 4.79 Å². The normalized spacial score (nSPS) is 20.8. The monoisotopic (exact) mass is 218 g/mol. The number of hydrogen-bond donors (Lipinski definition) is 0. The van der Waals surface area contributed by atoms with Gasteiger partial charge in [0.2, 0.25) is 5.91 Å². The molecule has 0 bridgehead atoms. The summed E-state index contributed by atoms with van der Waals surface area (Å²) in [6, 6.07) is 3.94. The van der Waals surface area contributed by atoms with Gasteiger partial charge in [0.1, 0.15) is 0 Å². The van der Waals surface area contributed by atoms with Crippen molar-refractivity contribution in [2.75, 3.05) is 6.54 Å². The second-order valence-electron chi connectivity index (χ2n) is 4.84. The molecule has 1 aromatic heterocycles. The molecule has 1 aliphatic heterocycles. The Morgan fingerprint density at radius 1 is 1.44 bits per heavy atom. The van der Waals surface area contributed by atoms with Crippen LogP contribution < -0.4 is 0 Å². The van der Waals surface area contributed by atoms with Crippen molar-refractivity contribution >= 4 is 5.91 Å². The van der Waals surface area contributed by atoms with Crippen LogP contribution in [0, 0.1) is 11.8 Å². The number of amides is 1. The van der Waals surface area contributed by atoms with E-state index in [1.165, 1.54) is 0 Å². The molecule has 0 N–H and O–H groups in total. The number of carbonyl (C=O) groups is 1. The van der Waals surface area contributed by atoms with E-state index in [2.05, 4.69) is 18.8 Å². The molecule has 0 aromatic carbocycles. The number of aromatic nitrogens is 1. The minimum absolute atomic E-state index is 0.288. The van der Waals surface area contributed by atoms with Gasteiger partial charge < -0.3 is 4.90 Å². The van der Waals surface area contributed by atoms with Crippen LogP contribution in [-0.4, -0.2) is 22.3 Å². The maximum atomic E-state index is 11.8. The van der Waals surface area contributed by atoms with Crippen molar-refractivity contribution in [2.45, 2.75) is 26.8 Å². The molecule has 1 atom stereocenters. The lowest BCUT2D eigenvalue weighted by Gasteiger charge is -2.17. The summed E-state index contributed by atoms with van der Waals surface area (Å²) in [5.74, 6) is 1.40. The van der Waals surface area contributed by atoms with Gasteiger partial charge in [-0.2, -0.15) is 0 Å². The molecule has 3 nitrogen and oxygen atoms in total. The van der Waals surface area contributed by atoms with Gasteiger partial charge in [-0.1, -0.05) is 13.8 Å². The van der Waals surface area contributed by atoms with Gasteiger partial charge in [-0.25, -0.2) is 0 Å². The molecule has 2 heterocycles. The van der Waals surface area contributed by atoms with Gasteiger partial charge >= 0.3 is 0 Å². The Hall–Kier alpha value is -1.38. The third-order valence-corrected chi connectivity index (χ3v) is 3.31. The maximum absolute atomic E-state index is 11.8. The summed E-state index contributed by atoms with van der Waals surface area (Å²) >= 11 is 0. The number of likely N-dealkylation sites (tertiary alicyclic amines) is 1. The minimum atomic E-state index is 0.288. The third-order valence-electron chi connectivity index (χ3n) is 3.31. The standard InChI is InChI=1S/C13H18N2O/c1-10(2)12-7-13(16)15(9-12)8-11-3-5-14-6-4-11/h3-6,10,12H,7-9H2,1-2H3. The highest BCUT2D eigenvalue weighted by Crippen LogP contribution is 2.25. The zero-order valence-corrected chi connectivity index (χ0v) is 9.89. The molecule has 1 aromatic rings. The molecule has 0 aliphatic carbocycles. The van der Waals surface area contributed by atoms with Crippen molar-refractivity contribution in [3.05, 3.63) is 30.1 Å². The highest BCUT2D eigenvalue weighted by Gasteiger charge is 2.30. The lowest BCUT2D eigenvalue weighted by atomic mass is 9.95. The van der Waals surface area contributed by atoms with Crippen molar-refractivity contribution in [1.29, 1.82) is 0 Å². The molecular weight excluding hydrogens is 200 g/mol. The predicted octanol–water partition coefficient (Wildman–Crippen LogP) is 2.09. The van der Waals surface area contributed by atoms with Gasteiger partial charge in [0.05, 0.1) is 0 Å². The summed E-state index contributed by atoms with van der Waals surface area (Å²) in [5, 5.41) is 0. The zero-order chi connectivity index (χ0) is 11.5. The second-order valence-corrected chi connectivity index (χ2v) is 4.84. The topological polar surface area (TPSA) is 33.2 Å². The average Bonchev–Trinajstić information content (AvgIpc) is 2.62. The molecule has 0 saturated carbocycles. The van der Waals surface area contributed by atoms with Crippen molar-refractivity contribution in [3.63, 3.8) is 0 Å². The largest absolute Gasteiger partial charge is 0.338 e. The van der Waals surface area contributed by atoms with E-state index in [1.54, 1.807) is 12.4 Å². The first-order valence-corrected chi connectivity index (χ1v) is 5.83. The molecule has 3 heteroatoms. The van der Waals surface area contributed by atoms with Gasteiger partial charge in [0.15, 0.2) is 0 Å². The van der Waals surface area contributed by atoms with Gasteiger partial charge in [0, 0.05) is 31.9 Å². The molecule has 16 heavy (non-hydrogen) atoms. The van der Waals surface area contributed by atoms with Crippen LogP contribution >= 0.6 is 0 Å². The molecular formula is C13H18N2O. The fraction of sp³-hybridized carbons (Fsp3) is 0.538. The SMILES string of the molecule is CC(C)C1CC(=O)N(Cc2ccncc2)C1. The average molecular weight is 218 g/mol. The third kappa shape index (κ3) is 2.40. The van der Waals surface area contributed by atoms with Crippen molar-refractivity contribution in [1.82, 2.24) is 9.88 Å². The van der Waals surface area contributed by atoms with E-state index < -0.39 is 0 Å². The van der Waals surface area contributed by atoms with E-state index in [9.17, 15) is 4.79 Å². The second kappa shape index (κ2) is 4.64. The molecule has 0 radical (unpaired) electrons. The van der Waals surface area contributed by atoms with Gasteiger partial charge in [-0.05, 0) is 29.5 Å². The number of hydrogen-bond acceptors (Lipinski definition) is 2. The Bertz CT molecular complexity index is 361. The number of rotatable bonds is 3. The van der Waals surface area contributed by atoms with Crippen molar-refractivity contribution in [2.24, 2.45) is 11.8 Å². The van der Waals surface area contributed by atoms with Crippen LogP contribution in [0.2, 0.25) is 0 Å².